The van der Waals surface area contributed by atoms with Gasteiger partial charge in [-0.15, -0.1) is 11.3 Å². The van der Waals surface area contributed by atoms with Crippen molar-refractivity contribution in [2.75, 3.05) is 7.11 Å². The van der Waals surface area contributed by atoms with Gasteiger partial charge in [0.15, 0.2) is 0 Å². The zero-order chi connectivity index (χ0) is 36.9. The Hall–Kier alpha value is -4.34. The SMILES string of the molecule is CCc1sc(-c2ccc(C(=O)OC)cc2C)nc1-c1ccc(C(F)(F)F)cc1CN1C(=O)O[C@H](C2C=C(C(F)(F)F)C=C(C(F)(F)F)C2)[C@@H]1C. The van der Waals surface area contributed by atoms with Crippen LogP contribution in [0.1, 0.15) is 52.2 Å². The van der Waals surface area contributed by atoms with Gasteiger partial charge < -0.3 is 9.47 Å². The highest BCUT2D eigenvalue weighted by Gasteiger charge is 2.48. The number of thiazole rings is 1. The molecule has 0 radical (unpaired) electrons. The second-order valence-electron chi connectivity index (χ2n) is 11.9. The van der Waals surface area contributed by atoms with E-state index < -0.39 is 78.3 Å². The van der Waals surface area contributed by atoms with Crippen molar-refractivity contribution < 1.29 is 58.6 Å². The van der Waals surface area contributed by atoms with E-state index in [2.05, 4.69) is 0 Å². The minimum atomic E-state index is -5.11. The number of alkyl halides is 9. The van der Waals surface area contributed by atoms with Crippen LogP contribution in [0.25, 0.3) is 21.8 Å². The van der Waals surface area contributed by atoms with Gasteiger partial charge in [0, 0.05) is 27.5 Å². The molecule has 16 heteroatoms. The molecule has 3 aromatic rings. The number of allylic oxidation sites excluding steroid dienone is 3. The number of hydrogen-bond donors (Lipinski definition) is 0. The molecule has 0 bridgehead atoms. The Kier molecular flexibility index (Phi) is 9.91. The Morgan fingerprint density at radius 1 is 1.00 bits per heavy atom. The molecular weight excluding hydrogens is 703 g/mol. The maximum atomic E-state index is 13.9. The number of halogens is 9. The van der Waals surface area contributed by atoms with Gasteiger partial charge in [0.1, 0.15) is 11.1 Å². The molecule has 268 valence electrons. The van der Waals surface area contributed by atoms with Gasteiger partial charge in [-0.05, 0) is 68.2 Å². The van der Waals surface area contributed by atoms with Gasteiger partial charge in [-0.3, -0.25) is 4.90 Å². The minimum absolute atomic E-state index is 0.0142. The van der Waals surface area contributed by atoms with E-state index >= 15 is 0 Å². The molecule has 1 amide bonds. The van der Waals surface area contributed by atoms with Crippen LogP contribution >= 0.6 is 11.3 Å². The first kappa shape index (κ1) is 36.9. The predicted molar refractivity (Wildman–Crippen MR) is 165 cm³/mol. The Balaban J connectivity index is 1.53. The van der Waals surface area contributed by atoms with Crippen molar-refractivity contribution in [3.8, 4) is 21.8 Å². The molecule has 2 aromatic carbocycles. The zero-order valence-corrected chi connectivity index (χ0v) is 27.6. The van der Waals surface area contributed by atoms with Gasteiger partial charge in [0.25, 0.3) is 0 Å². The molecule has 1 fully saturated rings. The van der Waals surface area contributed by atoms with E-state index in [4.69, 9.17) is 14.5 Å². The summed E-state index contributed by atoms with van der Waals surface area (Å²) >= 11 is 1.28. The Labute approximate surface area is 284 Å². The van der Waals surface area contributed by atoms with E-state index in [0.717, 1.165) is 17.0 Å². The number of hydrogen-bond acceptors (Lipinski definition) is 6. The molecule has 3 atom stereocenters. The van der Waals surface area contributed by atoms with Gasteiger partial charge in [-0.1, -0.05) is 25.1 Å². The molecular formula is C34H29F9N2O4S. The minimum Gasteiger partial charge on any atom is -0.465 e. The van der Waals surface area contributed by atoms with Gasteiger partial charge in [0.2, 0.25) is 0 Å². The number of cyclic esters (lactones) is 1. The van der Waals surface area contributed by atoms with E-state index in [9.17, 15) is 49.1 Å². The lowest BCUT2D eigenvalue weighted by Crippen LogP contribution is -2.38. The normalized spacial score (nSPS) is 20.1. The lowest BCUT2D eigenvalue weighted by Gasteiger charge is -2.30. The predicted octanol–water partition coefficient (Wildman–Crippen LogP) is 9.86. The molecule has 50 heavy (non-hydrogen) atoms. The van der Waals surface area contributed by atoms with Crippen LogP contribution in [0, 0.1) is 12.8 Å². The second kappa shape index (κ2) is 13.4. The van der Waals surface area contributed by atoms with E-state index in [1.165, 1.54) is 31.4 Å². The van der Waals surface area contributed by atoms with Crippen LogP contribution in [0.2, 0.25) is 0 Å². The van der Waals surface area contributed by atoms with Crippen molar-refractivity contribution in [2.24, 2.45) is 5.92 Å². The number of amides is 1. The van der Waals surface area contributed by atoms with Crippen molar-refractivity contribution in [3.63, 3.8) is 0 Å². The van der Waals surface area contributed by atoms with Crippen LogP contribution in [-0.4, -0.2) is 53.6 Å². The molecule has 2 aliphatic rings. The van der Waals surface area contributed by atoms with Crippen LogP contribution in [0.5, 0.6) is 0 Å². The molecule has 5 rings (SSSR count). The highest BCUT2D eigenvalue weighted by atomic mass is 32.1. The van der Waals surface area contributed by atoms with E-state index in [0.29, 0.717) is 44.8 Å². The average Bonchev–Trinajstić information content (AvgIpc) is 3.59. The molecule has 1 aliphatic heterocycles. The number of aromatic nitrogens is 1. The third-order valence-electron chi connectivity index (χ3n) is 8.66. The number of esters is 1. The van der Waals surface area contributed by atoms with Crippen molar-refractivity contribution in [2.45, 2.75) is 70.8 Å². The molecule has 1 aromatic heterocycles. The van der Waals surface area contributed by atoms with Gasteiger partial charge >= 0.3 is 30.6 Å². The van der Waals surface area contributed by atoms with Crippen LogP contribution in [0.15, 0.2) is 59.7 Å². The zero-order valence-electron chi connectivity index (χ0n) is 26.8. The first-order valence-electron chi connectivity index (χ1n) is 15.2. The maximum Gasteiger partial charge on any atom is 0.416 e. The molecule has 0 saturated carbocycles. The van der Waals surface area contributed by atoms with E-state index in [1.807, 2.05) is 6.92 Å². The number of carbonyl (C=O) groups is 2. The number of benzene rings is 2. The van der Waals surface area contributed by atoms with Crippen LogP contribution in [0.3, 0.4) is 0 Å². The van der Waals surface area contributed by atoms with E-state index in [-0.39, 0.29) is 17.2 Å². The Morgan fingerprint density at radius 3 is 2.26 bits per heavy atom. The third kappa shape index (κ3) is 7.39. The molecule has 0 spiro atoms. The molecule has 1 aliphatic carbocycles. The summed E-state index contributed by atoms with van der Waals surface area (Å²) in [6.07, 6.45) is -17.4. The molecule has 1 unspecified atom stereocenters. The third-order valence-corrected chi connectivity index (χ3v) is 9.89. The molecule has 1 saturated heterocycles. The summed E-state index contributed by atoms with van der Waals surface area (Å²) in [5.41, 5.74) is -1.83. The van der Waals surface area contributed by atoms with Crippen molar-refractivity contribution in [3.05, 3.63) is 86.8 Å². The molecule has 6 nitrogen and oxygen atoms in total. The Bertz CT molecular complexity index is 1870. The quantitative estimate of drug-likeness (QED) is 0.179. The van der Waals surface area contributed by atoms with E-state index in [1.54, 1.807) is 25.1 Å². The number of aryl methyl sites for hydroxylation is 2. The first-order valence-corrected chi connectivity index (χ1v) is 16.0. The first-order chi connectivity index (χ1) is 23.2. The fourth-order valence-corrected chi connectivity index (χ4v) is 7.19. The fraction of sp³-hybridized carbons (Fsp3) is 0.382. The molecule has 2 heterocycles. The lowest BCUT2D eigenvalue weighted by atomic mass is 9.83. The van der Waals surface area contributed by atoms with Crippen LogP contribution in [-0.2, 0) is 28.6 Å². The summed E-state index contributed by atoms with van der Waals surface area (Å²) in [5.74, 6) is -2.06. The van der Waals surface area contributed by atoms with Gasteiger partial charge in [-0.2, -0.15) is 39.5 Å². The number of rotatable bonds is 7. The summed E-state index contributed by atoms with van der Waals surface area (Å²) in [5, 5.41) is 0.503. The number of nitrogens with zero attached hydrogens (tertiary/aromatic N) is 2. The fourth-order valence-electron chi connectivity index (χ4n) is 6.08. The van der Waals surface area contributed by atoms with Crippen molar-refractivity contribution in [1.29, 1.82) is 0 Å². The topological polar surface area (TPSA) is 68.7 Å². The standard InChI is InChI=1S/C34H29F9N2O4S/c1-5-26-27(44-29(50-26)24-8-6-18(10-16(24)2)30(46)48-4)25-9-7-21(32(35,36)37)13-20(25)15-45-17(3)28(49-31(45)47)19-11-22(33(38,39)40)14-23(12-19)34(41,42)43/h6-11,13-14,17,19,28H,5,12,15H2,1-4H3/t17-,19?,28-/m0/s1. The maximum absolute atomic E-state index is 13.9. The largest absolute Gasteiger partial charge is 0.465 e. The monoisotopic (exact) mass is 732 g/mol. The molecule has 0 N–H and O–H groups in total. The van der Waals surface area contributed by atoms with Crippen molar-refractivity contribution >= 4 is 23.4 Å². The van der Waals surface area contributed by atoms with Crippen molar-refractivity contribution in [1.82, 2.24) is 9.88 Å². The highest BCUT2D eigenvalue weighted by Crippen LogP contribution is 2.44. The highest BCUT2D eigenvalue weighted by molar-refractivity contribution is 7.15. The van der Waals surface area contributed by atoms with Crippen LogP contribution in [0.4, 0.5) is 44.3 Å². The number of carbonyl (C=O) groups excluding carboxylic acids is 2. The smallest absolute Gasteiger partial charge is 0.416 e. The summed E-state index contributed by atoms with van der Waals surface area (Å²) < 4.78 is 133. The second-order valence-corrected chi connectivity index (χ2v) is 13.0. The summed E-state index contributed by atoms with van der Waals surface area (Å²) in [7, 11) is 1.24. The summed E-state index contributed by atoms with van der Waals surface area (Å²) in [6.45, 7) is 4.41. The van der Waals surface area contributed by atoms with Gasteiger partial charge in [0.05, 0.1) is 42.1 Å². The summed E-state index contributed by atoms with van der Waals surface area (Å²) in [6, 6.07) is 6.62. The lowest BCUT2D eigenvalue weighted by molar-refractivity contribution is -0.137. The number of ether oxygens (including phenoxy) is 2. The van der Waals surface area contributed by atoms with Crippen LogP contribution < -0.4 is 0 Å². The Morgan fingerprint density at radius 2 is 1.68 bits per heavy atom. The number of methoxy groups -OCH3 is 1. The summed E-state index contributed by atoms with van der Waals surface area (Å²) in [4.78, 5) is 31.6. The average molecular weight is 733 g/mol. The van der Waals surface area contributed by atoms with Gasteiger partial charge in [-0.25, -0.2) is 14.6 Å².